The molecule has 1 aromatic rings. The number of benzene rings is 1. The fourth-order valence-electron chi connectivity index (χ4n) is 5.83. The van der Waals surface area contributed by atoms with Crippen molar-refractivity contribution in [1.29, 1.82) is 0 Å². The molecule has 0 radical (unpaired) electrons. The number of ether oxygens (including phenoxy) is 9. The summed E-state index contributed by atoms with van der Waals surface area (Å²) >= 11 is 0. The van der Waals surface area contributed by atoms with Crippen LogP contribution in [0.3, 0.4) is 0 Å². The van der Waals surface area contributed by atoms with Crippen LogP contribution in [-0.2, 0) is 52.3 Å². The molecule has 3 aliphatic rings. The third kappa shape index (κ3) is 10.6. The molecule has 3 saturated heterocycles. The minimum absolute atomic E-state index is 0.185. The predicted octanol–water partition coefficient (Wildman–Crippen LogP) is -6.91. The highest BCUT2D eigenvalue weighted by atomic mass is 16.8. The molecule has 4 rings (SSSR count). The molecule has 0 bridgehead atoms. The maximum absolute atomic E-state index is 13.6. The number of carbonyl (C=O) groups is 4. The second kappa shape index (κ2) is 20.4. The smallest absolute Gasteiger partial charge is 0.413 e. The zero-order valence-corrected chi connectivity index (χ0v) is 29.7. The van der Waals surface area contributed by atoms with Gasteiger partial charge in [0.25, 0.3) is 23.4 Å². The van der Waals surface area contributed by atoms with Gasteiger partial charge in [-0.05, 0) is 12.1 Å². The van der Waals surface area contributed by atoms with Gasteiger partial charge in [-0.15, -0.1) is 0 Å². The summed E-state index contributed by atoms with van der Waals surface area (Å²) in [6.45, 7) is -2.81. The molecule has 320 valence electrons. The fraction of sp³-hybridized carbons (Fsp3) is 0.667. The van der Waals surface area contributed by atoms with Crippen LogP contribution in [0.1, 0.15) is 0 Å². The van der Waals surface area contributed by atoms with Gasteiger partial charge in [-0.3, -0.25) is 24.5 Å². The zero-order chi connectivity index (χ0) is 42.1. The van der Waals surface area contributed by atoms with E-state index in [9.17, 15) is 65.0 Å². The van der Waals surface area contributed by atoms with Crippen molar-refractivity contribution in [2.24, 2.45) is 0 Å². The number of nitrogens with zero attached hydrogens (tertiary/aromatic N) is 1. The van der Waals surface area contributed by atoms with Crippen molar-refractivity contribution in [1.82, 2.24) is 16.0 Å². The quantitative estimate of drug-likeness (QED) is 0.0257. The highest BCUT2D eigenvalue weighted by Gasteiger charge is 2.56. The molecule has 11 N–H and O–H groups in total. The summed E-state index contributed by atoms with van der Waals surface area (Å²) in [6.07, 6.45) is -31.5. The van der Waals surface area contributed by atoms with Crippen molar-refractivity contribution in [3.8, 4) is 5.75 Å². The van der Waals surface area contributed by atoms with E-state index >= 15 is 0 Å². The van der Waals surface area contributed by atoms with Crippen molar-refractivity contribution in [2.45, 2.75) is 92.1 Å². The molecule has 3 heterocycles. The topological polar surface area (TPSA) is 392 Å². The van der Waals surface area contributed by atoms with Gasteiger partial charge in [0.15, 0.2) is 43.9 Å². The number of nitro groups is 1. The third-order valence-corrected chi connectivity index (χ3v) is 8.69. The number of hydrogen-bond donors (Lipinski definition) is 11. The molecule has 3 fully saturated rings. The van der Waals surface area contributed by atoms with Crippen LogP contribution in [0.25, 0.3) is 0 Å². The summed E-state index contributed by atoms with van der Waals surface area (Å²) in [5, 5.41) is 101. The van der Waals surface area contributed by atoms with Crippen molar-refractivity contribution >= 4 is 29.6 Å². The zero-order valence-electron chi connectivity index (χ0n) is 29.7. The number of amides is 3. The Balaban J connectivity index is 1.58. The molecule has 0 aliphatic carbocycles. The number of nitrogens with one attached hydrogen (secondary N) is 3. The molecule has 3 amide bonds. The van der Waals surface area contributed by atoms with E-state index in [0.717, 1.165) is 38.5 Å². The monoisotopic (exact) mass is 826 g/mol. The van der Waals surface area contributed by atoms with E-state index < -0.39 is 141 Å². The fourth-order valence-corrected chi connectivity index (χ4v) is 5.83. The number of non-ortho nitro benzene ring substituents is 1. The van der Waals surface area contributed by atoms with E-state index in [1.54, 1.807) is 0 Å². The van der Waals surface area contributed by atoms with Crippen LogP contribution in [0.15, 0.2) is 24.3 Å². The molecule has 27 nitrogen and oxygen atoms in total. The Labute approximate surface area is 319 Å². The Morgan fingerprint density at radius 3 is 1.51 bits per heavy atom. The average molecular weight is 827 g/mol. The van der Waals surface area contributed by atoms with Gasteiger partial charge in [0.1, 0.15) is 74.1 Å². The van der Waals surface area contributed by atoms with Gasteiger partial charge < -0.3 is 99.4 Å². The van der Waals surface area contributed by atoms with E-state index in [2.05, 4.69) is 5.32 Å². The van der Waals surface area contributed by atoms with E-state index in [1.165, 1.54) is 0 Å². The Kier molecular flexibility index (Phi) is 16.3. The number of rotatable bonds is 15. The number of hydrogen-bond acceptors (Lipinski definition) is 23. The molecule has 0 spiro atoms. The lowest BCUT2D eigenvalue weighted by molar-refractivity contribution is -0.384. The lowest BCUT2D eigenvalue weighted by Gasteiger charge is -2.47. The summed E-state index contributed by atoms with van der Waals surface area (Å²) in [4.78, 5) is 61.4. The Morgan fingerprint density at radius 2 is 1.07 bits per heavy atom. The molecular formula is C30H42N4O23. The number of methoxy groups -OCH3 is 2. The number of nitro benzene ring substituents is 1. The molecule has 1 aromatic carbocycles. The average Bonchev–Trinajstić information content (AvgIpc) is 3.18. The van der Waals surface area contributed by atoms with E-state index in [-0.39, 0.29) is 11.4 Å². The van der Waals surface area contributed by atoms with Gasteiger partial charge in [-0.25, -0.2) is 4.79 Å². The van der Waals surface area contributed by atoms with Gasteiger partial charge in [0, 0.05) is 26.4 Å². The van der Waals surface area contributed by atoms with Gasteiger partial charge in [-0.2, -0.15) is 0 Å². The Morgan fingerprint density at radius 1 is 0.649 bits per heavy atom. The largest absolute Gasteiger partial charge is 0.515 e. The van der Waals surface area contributed by atoms with E-state index in [1.807, 2.05) is 10.6 Å². The van der Waals surface area contributed by atoms with Crippen molar-refractivity contribution in [2.75, 3.05) is 34.4 Å². The van der Waals surface area contributed by atoms with Crippen LogP contribution in [0, 0.1) is 10.1 Å². The van der Waals surface area contributed by atoms with Crippen LogP contribution in [0.2, 0.25) is 0 Å². The molecular weight excluding hydrogens is 784 g/mol. The van der Waals surface area contributed by atoms with Crippen LogP contribution in [0.4, 0.5) is 10.5 Å². The predicted molar refractivity (Wildman–Crippen MR) is 173 cm³/mol. The molecule has 15 unspecified atom stereocenters. The lowest BCUT2D eigenvalue weighted by Crippen LogP contribution is -2.69. The number of aliphatic hydroxyl groups is 8. The molecule has 0 saturated carbocycles. The molecule has 57 heavy (non-hydrogen) atoms. The first kappa shape index (κ1) is 45.4. The standard InChI is InChI=1S/C30H42N4O23/c1-49-18-12(37)16(41)28(56-21(18)24(43)31-7-35)54-20-14(39)17(42)29(53-19-13(38)15(40)27(50-2)55-22(19)25(44)32-8-36)57-23(20)26(45)33-9-51-30(46)52-11-5-3-10(4-6-11)34(47)48/h3-6,12-23,27-29,35-42H,7-9H2,1-2H3,(H,31,43)(H,32,44)(H,33,45). The molecule has 27 heteroatoms. The van der Waals surface area contributed by atoms with Gasteiger partial charge in [0.05, 0.1) is 4.92 Å². The van der Waals surface area contributed by atoms with Crippen molar-refractivity contribution < 1.29 is 108 Å². The van der Waals surface area contributed by atoms with E-state index in [4.69, 9.17) is 47.7 Å². The first-order chi connectivity index (χ1) is 27.1. The van der Waals surface area contributed by atoms with Crippen LogP contribution in [0.5, 0.6) is 5.75 Å². The minimum Gasteiger partial charge on any atom is -0.413 e. The van der Waals surface area contributed by atoms with Crippen molar-refractivity contribution in [3.63, 3.8) is 0 Å². The Bertz CT molecular complexity index is 1540. The highest BCUT2D eigenvalue weighted by Crippen LogP contribution is 2.33. The van der Waals surface area contributed by atoms with Gasteiger partial charge in [0.2, 0.25) is 0 Å². The van der Waals surface area contributed by atoms with Crippen molar-refractivity contribution in [3.05, 3.63) is 34.4 Å². The number of aliphatic hydroxyl groups excluding tert-OH is 8. The second-order valence-electron chi connectivity index (χ2n) is 12.2. The van der Waals surface area contributed by atoms with Crippen LogP contribution >= 0.6 is 0 Å². The first-order valence-corrected chi connectivity index (χ1v) is 16.6. The maximum Gasteiger partial charge on any atom is 0.515 e. The minimum atomic E-state index is -2.31. The van der Waals surface area contributed by atoms with Crippen LogP contribution < -0.4 is 20.7 Å². The van der Waals surface area contributed by atoms with E-state index in [0.29, 0.717) is 0 Å². The Hall–Kier alpha value is -4.30. The molecule has 15 atom stereocenters. The first-order valence-electron chi connectivity index (χ1n) is 16.6. The summed E-state index contributed by atoms with van der Waals surface area (Å²) in [5.74, 6) is -3.69. The van der Waals surface area contributed by atoms with Gasteiger partial charge in [-0.1, -0.05) is 0 Å². The third-order valence-electron chi connectivity index (χ3n) is 8.69. The number of carbonyl (C=O) groups excluding carboxylic acids is 4. The SMILES string of the molecule is COC1OC(C(=O)NCO)C(OC2OC(C(=O)NCOC(=O)Oc3ccc([N+](=O)[O-])cc3)C(OC3OC(C(=O)NCO)C(OC)C(O)C3O)C(O)C2O)C(O)C1O. The molecule has 3 aliphatic heterocycles. The summed E-state index contributed by atoms with van der Waals surface area (Å²) < 4.78 is 47.3. The summed E-state index contributed by atoms with van der Waals surface area (Å²) in [6, 6.07) is 4.22. The second-order valence-corrected chi connectivity index (χ2v) is 12.2. The highest BCUT2D eigenvalue weighted by molar-refractivity contribution is 5.83. The maximum atomic E-state index is 13.6. The summed E-state index contributed by atoms with van der Waals surface area (Å²) in [7, 11) is 2.13. The summed E-state index contributed by atoms with van der Waals surface area (Å²) in [5.41, 5.74) is -0.310. The normalized spacial score (nSPS) is 35.4. The van der Waals surface area contributed by atoms with Gasteiger partial charge >= 0.3 is 6.16 Å². The molecule has 0 aromatic heterocycles. The lowest BCUT2D eigenvalue weighted by atomic mass is 9.95. The van der Waals surface area contributed by atoms with Crippen LogP contribution in [-0.4, -0.2) is 196 Å².